The molecule has 0 N–H and O–H groups in total. The van der Waals surface area contributed by atoms with E-state index in [1.807, 2.05) is 0 Å². The van der Waals surface area contributed by atoms with Gasteiger partial charge in [-0.15, -0.1) is 0 Å². The molecule has 1 aromatic carbocycles. The van der Waals surface area contributed by atoms with Crippen molar-refractivity contribution in [1.29, 1.82) is 0 Å². The van der Waals surface area contributed by atoms with Crippen molar-refractivity contribution in [3.05, 3.63) is 34.0 Å². The van der Waals surface area contributed by atoms with Gasteiger partial charge in [0.15, 0.2) is 0 Å². The molecule has 0 aliphatic rings. The molecule has 0 fully saturated rings. The second-order valence-electron chi connectivity index (χ2n) is 5.43. The number of ether oxygens (including phenoxy) is 1. The minimum atomic E-state index is -0.648. The maximum Gasteiger partial charge on any atom is 0.435 e. The molecule has 2 rings (SSSR count). The van der Waals surface area contributed by atoms with Gasteiger partial charge in [0.25, 0.3) is 5.69 Å². The summed E-state index contributed by atoms with van der Waals surface area (Å²) in [5, 5.41) is 15.9. The summed E-state index contributed by atoms with van der Waals surface area (Å²) in [6, 6.07) is 4.24. The third-order valence-corrected chi connectivity index (χ3v) is 3.17. The summed E-state index contributed by atoms with van der Waals surface area (Å²) in [4.78, 5) is 22.5. The van der Waals surface area contributed by atoms with Crippen LogP contribution >= 0.6 is 15.9 Å². The van der Waals surface area contributed by atoms with Crippen LogP contribution in [0.2, 0.25) is 0 Å². The number of nitrogens with zero attached hydrogens (tertiary/aromatic N) is 3. The number of nitro groups is 1. The average molecular weight is 356 g/mol. The fourth-order valence-electron chi connectivity index (χ4n) is 1.82. The number of alkyl halides is 1. The summed E-state index contributed by atoms with van der Waals surface area (Å²) in [5.74, 6) is 0. The first-order valence-corrected chi connectivity index (χ1v) is 7.30. The summed E-state index contributed by atoms with van der Waals surface area (Å²) in [5.41, 5.74) is 0.322. The van der Waals surface area contributed by atoms with E-state index >= 15 is 0 Å². The zero-order valence-electron chi connectivity index (χ0n) is 11.8. The largest absolute Gasteiger partial charge is 0.442 e. The molecular formula is C13H14BrN3O4. The molecule has 0 aliphatic carbocycles. The van der Waals surface area contributed by atoms with Crippen LogP contribution in [0.1, 0.15) is 26.5 Å². The summed E-state index contributed by atoms with van der Waals surface area (Å²) in [6.07, 6.45) is -0.617. The number of nitro benzene ring substituents is 1. The Morgan fingerprint density at radius 3 is 2.67 bits per heavy atom. The molecule has 7 nitrogen and oxygen atoms in total. The number of carbonyl (C=O) groups is 1. The number of carbonyl (C=O) groups excluding carboxylic acids is 1. The molecule has 0 bridgehead atoms. The number of hydrogen-bond acceptors (Lipinski definition) is 5. The normalized spacial score (nSPS) is 11.6. The van der Waals surface area contributed by atoms with Crippen molar-refractivity contribution < 1.29 is 14.5 Å². The van der Waals surface area contributed by atoms with E-state index in [9.17, 15) is 14.9 Å². The quantitative estimate of drug-likeness (QED) is 0.466. The van der Waals surface area contributed by atoms with Gasteiger partial charge in [-0.1, -0.05) is 15.9 Å². The third-order valence-electron chi connectivity index (χ3n) is 2.64. The first-order chi connectivity index (χ1) is 9.73. The summed E-state index contributed by atoms with van der Waals surface area (Å²) in [7, 11) is 0. The van der Waals surface area contributed by atoms with E-state index in [1.165, 1.54) is 18.2 Å². The van der Waals surface area contributed by atoms with E-state index in [2.05, 4.69) is 21.0 Å². The van der Waals surface area contributed by atoms with Gasteiger partial charge in [0, 0.05) is 22.8 Å². The molecule has 0 spiro atoms. The molecule has 8 heteroatoms. The number of hydrogen-bond donors (Lipinski definition) is 0. The Kier molecular flexibility index (Phi) is 3.99. The van der Waals surface area contributed by atoms with E-state index in [-0.39, 0.29) is 5.69 Å². The van der Waals surface area contributed by atoms with Crippen LogP contribution in [0.5, 0.6) is 0 Å². The van der Waals surface area contributed by atoms with Gasteiger partial charge in [0.05, 0.1) is 16.1 Å². The van der Waals surface area contributed by atoms with E-state index in [4.69, 9.17) is 4.74 Å². The lowest BCUT2D eigenvalue weighted by atomic mass is 10.2. The van der Waals surface area contributed by atoms with Gasteiger partial charge < -0.3 is 4.74 Å². The maximum atomic E-state index is 12.2. The predicted octanol–water partition coefficient (Wildman–Crippen LogP) is 3.62. The van der Waals surface area contributed by atoms with Crippen LogP contribution in [0.4, 0.5) is 10.5 Å². The van der Waals surface area contributed by atoms with Crippen LogP contribution in [-0.2, 0) is 10.1 Å². The Balaban J connectivity index is 2.56. The highest BCUT2D eigenvalue weighted by molar-refractivity contribution is 9.08. The lowest BCUT2D eigenvalue weighted by molar-refractivity contribution is -0.384. The summed E-state index contributed by atoms with van der Waals surface area (Å²) >= 11 is 3.27. The van der Waals surface area contributed by atoms with Crippen LogP contribution in [-0.4, -0.2) is 26.4 Å². The van der Waals surface area contributed by atoms with E-state index in [1.54, 1.807) is 20.8 Å². The molecule has 0 radical (unpaired) electrons. The molecule has 112 valence electrons. The smallest absolute Gasteiger partial charge is 0.435 e. The van der Waals surface area contributed by atoms with E-state index in [0.717, 1.165) is 4.68 Å². The number of aromatic nitrogens is 2. The summed E-state index contributed by atoms with van der Waals surface area (Å²) in [6.45, 7) is 5.27. The van der Waals surface area contributed by atoms with Gasteiger partial charge in [-0.05, 0) is 26.8 Å². The van der Waals surface area contributed by atoms with Gasteiger partial charge in [-0.3, -0.25) is 10.1 Å². The number of halogens is 1. The molecule has 0 atom stereocenters. The van der Waals surface area contributed by atoms with Crippen LogP contribution in [0.15, 0.2) is 18.2 Å². The van der Waals surface area contributed by atoms with Crippen molar-refractivity contribution in [2.75, 3.05) is 0 Å². The minimum absolute atomic E-state index is 0.0477. The minimum Gasteiger partial charge on any atom is -0.442 e. The Hall–Kier alpha value is -1.96. The Labute approximate surface area is 129 Å². The first kappa shape index (κ1) is 15.4. The Morgan fingerprint density at radius 2 is 2.14 bits per heavy atom. The monoisotopic (exact) mass is 355 g/mol. The molecular weight excluding hydrogens is 342 g/mol. The van der Waals surface area contributed by atoms with E-state index < -0.39 is 16.6 Å². The third kappa shape index (κ3) is 3.21. The van der Waals surface area contributed by atoms with Crippen molar-refractivity contribution in [3.63, 3.8) is 0 Å². The number of fused-ring (bicyclic) bond motifs is 1. The molecule has 0 saturated carbocycles. The lowest BCUT2D eigenvalue weighted by Crippen LogP contribution is -2.27. The van der Waals surface area contributed by atoms with E-state index in [0.29, 0.717) is 21.9 Å². The second kappa shape index (κ2) is 5.44. The van der Waals surface area contributed by atoms with Crippen LogP contribution in [0, 0.1) is 10.1 Å². The highest BCUT2D eigenvalue weighted by Crippen LogP contribution is 2.26. The molecule has 0 amide bonds. The van der Waals surface area contributed by atoms with Gasteiger partial charge >= 0.3 is 6.09 Å². The van der Waals surface area contributed by atoms with Crippen molar-refractivity contribution >= 4 is 38.6 Å². The highest BCUT2D eigenvalue weighted by atomic mass is 79.9. The zero-order chi connectivity index (χ0) is 15.8. The molecule has 21 heavy (non-hydrogen) atoms. The number of benzene rings is 1. The van der Waals surface area contributed by atoms with Crippen LogP contribution in [0.3, 0.4) is 0 Å². The molecule has 1 heterocycles. The highest BCUT2D eigenvalue weighted by Gasteiger charge is 2.23. The van der Waals surface area contributed by atoms with Crippen LogP contribution in [0.25, 0.3) is 10.9 Å². The van der Waals surface area contributed by atoms with Crippen molar-refractivity contribution in [2.45, 2.75) is 31.7 Å². The summed E-state index contributed by atoms with van der Waals surface area (Å²) < 4.78 is 6.41. The topological polar surface area (TPSA) is 87.3 Å². The Morgan fingerprint density at radius 1 is 1.48 bits per heavy atom. The Bertz CT molecular complexity index is 718. The fraction of sp³-hybridized carbons (Fsp3) is 0.385. The number of non-ortho nitro benzene ring substituents is 1. The van der Waals surface area contributed by atoms with Gasteiger partial charge in [-0.25, -0.2) is 4.79 Å². The average Bonchev–Trinajstić information content (AvgIpc) is 2.74. The number of rotatable bonds is 2. The van der Waals surface area contributed by atoms with Gasteiger partial charge in [-0.2, -0.15) is 9.78 Å². The molecule has 2 aromatic rings. The van der Waals surface area contributed by atoms with Crippen molar-refractivity contribution in [1.82, 2.24) is 9.78 Å². The van der Waals surface area contributed by atoms with Crippen molar-refractivity contribution in [3.8, 4) is 0 Å². The standard InChI is InChI=1S/C13H14BrN3O4/c1-13(2,3)21-12(18)16-11-5-4-8(17(19)20)6-9(11)10(7-14)15-16/h4-6H,7H2,1-3H3. The van der Waals surface area contributed by atoms with Gasteiger partial charge in [0.1, 0.15) is 5.60 Å². The van der Waals surface area contributed by atoms with Crippen LogP contribution < -0.4 is 0 Å². The first-order valence-electron chi connectivity index (χ1n) is 6.18. The molecule has 1 aromatic heterocycles. The molecule has 0 saturated heterocycles. The fourth-order valence-corrected chi connectivity index (χ4v) is 2.24. The maximum absolute atomic E-state index is 12.2. The van der Waals surface area contributed by atoms with Crippen molar-refractivity contribution in [2.24, 2.45) is 0 Å². The SMILES string of the molecule is CC(C)(C)OC(=O)n1nc(CBr)c2cc([N+](=O)[O-])ccc21. The van der Waals surface area contributed by atoms with Gasteiger partial charge in [0.2, 0.25) is 0 Å². The zero-order valence-corrected chi connectivity index (χ0v) is 13.4. The lowest BCUT2D eigenvalue weighted by Gasteiger charge is -2.19. The molecule has 0 aliphatic heterocycles. The predicted molar refractivity (Wildman–Crippen MR) is 80.7 cm³/mol. The second-order valence-corrected chi connectivity index (χ2v) is 5.99. The molecule has 0 unspecified atom stereocenters.